The maximum Gasteiger partial charge on any atom is 0.253 e. The summed E-state index contributed by atoms with van der Waals surface area (Å²) in [5.74, 6) is -0.478. The van der Waals surface area contributed by atoms with Crippen molar-refractivity contribution < 1.29 is 9.59 Å². The molecule has 0 bridgehead atoms. The molecule has 2 rings (SSSR count). The van der Waals surface area contributed by atoms with Gasteiger partial charge in [-0.15, -0.1) is 0 Å². The van der Waals surface area contributed by atoms with Crippen LogP contribution in [-0.2, 0) is 4.79 Å². The van der Waals surface area contributed by atoms with Crippen LogP contribution in [0.15, 0.2) is 54.6 Å². The van der Waals surface area contributed by atoms with Crippen molar-refractivity contribution >= 4 is 23.6 Å². The molecule has 0 radical (unpaired) electrons. The largest absolute Gasteiger partial charge is 0.352 e. The summed E-state index contributed by atoms with van der Waals surface area (Å²) in [6.07, 6.45) is 3.20. The zero-order valence-electron chi connectivity index (χ0n) is 13.3. The first-order valence-corrected chi connectivity index (χ1v) is 7.53. The molecule has 118 valence electrons. The van der Waals surface area contributed by atoms with E-state index >= 15 is 0 Å². The predicted molar refractivity (Wildman–Crippen MR) is 93.3 cm³/mol. The molecule has 0 saturated carbocycles. The molecule has 2 aromatic carbocycles. The molecular formula is C19H20N2O2. The molecular weight excluding hydrogens is 288 g/mol. The monoisotopic (exact) mass is 308 g/mol. The number of para-hydroxylation sites is 1. The highest BCUT2D eigenvalue weighted by Gasteiger charge is 2.10. The molecule has 0 atom stereocenters. The number of amides is 2. The Labute approximate surface area is 136 Å². The zero-order chi connectivity index (χ0) is 16.7. The van der Waals surface area contributed by atoms with Gasteiger partial charge in [-0.25, -0.2) is 0 Å². The fourth-order valence-corrected chi connectivity index (χ4v) is 2.07. The number of hydrogen-bond donors (Lipinski definition) is 2. The fraction of sp³-hybridized carbons (Fsp3) is 0.158. The van der Waals surface area contributed by atoms with Crippen molar-refractivity contribution in [2.24, 2.45) is 0 Å². The van der Waals surface area contributed by atoms with E-state index in [-0.39, 0.29) is 11.8 Å². The Hall–Kier alpha value is -2.88. The number of carbonyl (C=O) groups excluding carboxylic acids is 2. The second-order valence-electron chi connectivity index (χ2n) is 5.14. The van der Waals surface area contributed by atoms with Gasteiger partial charge in [0.05, 0.1) is 11.3 Å². The van der Waals surface area contributed by atoms with E-state index in [2.05, 4.69) is 10.6 Å². The molecule has 0 aliphatic carbocycles. The summed E-state index contributed by atoms with van der Waals surface area (Å²) in [6, 6.07) is 14.8. The molecule has 2 amide bonds. The molecule has 23 heavy (non-hydrogen) atoms. The molecule has 2 N–H and O–H groups in total. The Kier molecular flexibility index (Phi) is 5.69. The molecule has 0 heterocycles. The van der Waals surface area contributed by atoms with Gasteiger partial charge in [0.25, 0.3) is 5.91 Å². The van der Waals surface area contributed by atoms with Gasteiger partial charge in [0.1, 0.15) is 0 Å². The van der Waals surface area contributed by atoms with Crippen molar-refractivity contribution in [1.29, 1.82) is 0 Å². The van der Waals surface area contributed by atoms with Crippen LogP contribution in [0.2, 0.25) is 0 Å². The first kappa shape index (κ1) is 16.5. The van der Waals surface area contributed by atoms with E-state index in [9.17, 15) is 9.59 Å². The van der Waals surface area contributed by atoms with Gasteiger partial charge in [0.15, 0.2) is 0 Å². The quantitative estimate of drug-likeness (QED) is 0.832. The SMILES string of the molecule is CCNC(=O)c1ccccc1NC(=O)/C=C/c1ccc(C)cc1. The van der Waals surface area contributed by atoms with Crippen LogP contribution < -0.4 is 10.6 Å². The Morgan fingerprint density at radius 3 is 2.43 bits per heavy atom. The predicted octanol–water partition coefficient (Wildman–Crippen LogP) is 3.40. The minimum atomic E-state index is -0.276. The van der Waals surface area contributed by atoms with Crippen LogP contribution in [0.4, 0.5) is 5.69 Å². The lowest BCUT2D eigenvalue weighted by Gasteiger charge is -2.09. The van der Waals surface area contributed by atoms with Crippen LogP contribution in [0.25, 0.3) is 6.08 Å². The highest BCUT2D eigenvalue weighted by molar-refractivity contribution is 6.07. The van der Waals surface area contributed by atoms with Gasteiger partial charge in [0.2, 0.25) is 5.91 Å². The summed E-state index contributed by atoms with van der Waals surface area (Å²) in [5.41, 5.74) is 3.06. The number of nitrogens with one attached hydrogen (secondary N) is 2. The summed E-state index contributed by atoms with van der Waals surface area (Å²) in [6.45, 7) is 4.40. The van der Waals surface area contributed by atoms with Crippen molar-refractivity contribution in [1.82, 2.24) is 5.32 Å². The van der Waals surface area contributed by atoms with E-state index in [0.717, 1.165) is 5.56 Å². The van der Waals surface area contributed by atoms with Gasteiger partial charge < -0.3 is 10.6 Å². The van der Waals surface area contributed by atoms with Gasteiger partial charge in [-0.2, -0.15) is 0 Å². The number of anilines is 1. The van der Waals surface area contributed by atoms with E-state index in [1.54, 1.807) is 30.3 Å². The van der Waals surface area contributed by atoms with Crippen LogP contribution in [0.3, 0.4) is 0 Å². The van der Waals surface area contributed by atoms with Crippen molar-refractivity contribution in [2.75, 3.05) is 11.9 Å². The summed E-state index contributed by atoms with van der Waals surface area (Å²) < 4.78 is 0. The molecule has 0 aliphatic rings. The third-order valence-corrected chi connectivity index (χ3v) is 3.27. The Balaban J connectivity index is 2.08. The van der Waals surface area contributed by atoms with Gasteiger partial charge in [-0.3, -0.25) is 9.59 Å². The lowest BCUT2D eigenvalue weighted by molar-refractivity contribution is -0.111. The smallest absolute Gasteiger partial charge is 0.253 e. The van der Waals surface area contributed by atoms with Crippen molar-refractivity contribution in [3.8, 4) is 0 Å². The normalized spacial score (nSPS) is 10.5. The number of benzene rings is 2. The average Bonchev–Trinajstić information content (AvgIpc) is 2.55. The highest BCUT2D eigenvalue weighted by atomic mass is 16.2. The number of aryl methyl sites for hydroxylation is 1. The van der Waals surface area contributed by atoms with Crippen molar-refractivity contribution in [2.45, 2.75) is 13.8 Å². The van der Waals surface area contributed by atoms with Crippen LogP contribution in [0.1, 0.15) is 28.4 Å². The van der Waals surface area contributed by atoms with E-state index < -0.39 is 0 Å². The third-order valence-electron chi connectivity index (χ3n) is 3.27. The van der Waals surface area contributed by atoms with Gasteiger partial charge >= 0.3 is 0 Å². The highest BCUT2D eigenvalue weighted by Crippen LogP contribution is 2.15. The van der Waals surface area contributed by atoms with Crippen LogP contribution in [0, 0.1) is 6.92 Å². The lowest BCUT2D eigenvalue weighted by Crippen LogP contribution is -2.24. The minimum absolute atomic E-state index is 0.203. The standard InChI is InChI=1S/C19H20N2O2/c1-3-20-19(23)16-6-4-5-7-17(16)21-18(22)13-12-15-10-8-14(2)9-11-15/h4-13H,3H2,1-2H3,(H,20,23)(H,21,22)/b13-12+. The molecule has 0 fully saturated rings. The van der Waals surface area contributed by atoms with Gasteiger partial charge in [0, 0.05) is 12.6 Å². The lowest BCUT2D eigenvalue weighted by atomic mass is 10.1. The summed E-state index contributed by atoms with van der Waals surface area (Å²) in [7, 11) is 0. The summed E-state index contributed by atoms with van der Waals surface area (Å²) in [4.78, 5) is 24.0. The molecule has 0 spiro atoms. The van der Waals surface area contributed by atoms with Crippen molar-refractivity contribution in [3.63, 3.8) is 0 Å². The number of carbonyl (C=O) groups is 2. The summed E-state index contributed by atoms with van der Waals surface area (Å²) in [5, 5.41) is 5.48. The number of hydrogen-bond acceptors (Lipinski definition) is 2. The molecule has 0 unspecified atom stereocenters. The maximum atomic E-state index is 12.1. The zero-order valence-corrected chi connectivity index (χ0v) is 13.3. The molecule has 4 nitrogen and oxygen atoms in total. The summed E-state index contributed by atoms with van der Waals surface area (Å²) >= 11 is 0. The van der Waals surface area contributed by atoms with Crippen LogP contribution >= 0.6 is 0 Å². The van der Waals surface area contributed by atoms with E-state index in [1.165, 1.54) is 11.6 Å². The Morgan fingerprint density at radius 1 is 1.04 bits per heavy atom. The first-order chi connectivity index (χ1) is 11.1. The second-order valence-corrected chi connectivity index (χ2v) is 5.14. The van der Waals surface area contributed by atoms with E-state index in [0.29, 0.717) is 17.8 Å². The topological polar surface area (TPSA) is 58.2 Å². The number of rotatable bonds is 5. The van der Waals surface area contributed by atoms with Gasteiger partial charge in [-0.1, -0.05) is 42.0 Å². The third kappa shape index (κ3) is 4.81. The molecule has 4 heteroatoms. The second kappa shape index (κ2) is 7.94. The Bertz CT molecular complexity index is 718. The molecule has 0 saturated heterocycles. The average molecular weight is 308 g/mol. The Morgan fingerprint density at radius 2 is 1.74 bits per heavy atom. The molecule has 0 aromatic heterocycles. The van der Waals surface area contributed by atoms with Gasteiger partial charge in [-0.05, 0) is 37.6 Å². The van der Waals surface area contributed by atoms with Crippen molar-refractivity contribution in [3.05, 3.63) is 71.3 Å². The molecule has 0 aliphatic heterocycles. The van der Waals surface area contributed by atoms with E-state index in [4.69, 9.17) is 0 Å². The van der Waals surface area contributed by atoms with E-state index in [1.807, 2.05) is 38.1 Å². The van der Waals surface area contributed by atoms with Crippen LogP contribution in [-0.4, -0.2) is 18.4 Å². The fourth-order valence-electron chi connectivity index (χ4n) is 2.07. The van der Waals surface area contributed by atoms with Crippen LogP contribution in [0.5, 0.6) is 0 Å². The molecule has 2 aromatic rings. The maximum absolute atomic E-state index is 12.1. The first-order valence-electron chi connectivity index (χ1n) is 7.53. The minimum Gasteiger partial charge on any atom is -0.352 e.